The van der Waals surface area contributed by atoms with Crippen LogP contribution in [0.3, 0.4) is 0 Å². The minimum atomic E-state index is -0.318. The Labute approximate surface area is 176 Å². The van der Waals surface area contributed by atoms with Gasteiger partial charge in [-0.2, -0.15) is 0 Å². The van der Waals surface area contributed by atoms with Gasteiger partial charge in [-0.25, -0.2) is 9.18 Å². The van der Waals surface area contributed by atoms with Crippen LogP contribution in [0.25, 0.3) is 10.8 Å². The maximum Gasteiger partial charge on any atom is 0.319 e. The second-order valence-corrected chi connectivity index (χ2v) is 7.57. The van der Waals surface area contributed by atoms with Crippen molar-refractivity contribution in [2.45, 2.75) is 6.42 Å². The quantitative estimate of drug-likeness (QED) is 0.600. The number of rotatable bonds is 6. The van der Waals surface area contributed by atoms with E-state index in [4.69, 9.17) is 0 Å². The average molecular weight is 407 g/mol. The monoisotopic (exact) mass is 406 g/mol. The zero-order valence-electron chi connectivity index (χ0n) is 17.0. The van der Waals surface area contributed by atoms with Crippen molar-refractivity contribution in [3.8, 4) is 0 Å². The number of nitrogens with zero attached hydrogens (tertiary/aromatic N) is 2. The molecule has 3 aromatic carbocycles. The zero-order chi connectivity index (χ0) is 20.8. The van der Waals surface area contributed by atoms with Crippen LogP contribution >= 0.6 is 0 Å². The van der Waals surface area contributed by atoms with Crippen LogP contribution in [0.1, 0.15) is 6.42 Å². The van der Waals surface area contributed by atoms with Crippen molar-refractivity contribution in [1.29, 1.82) is 0 Å². The molecule has 4 rings (SSSR count). The molecule has 1 aliphatic rings. The number of nitrogens with one attached hydrogen (secondary N) is 2. The fourth-order valence-electron chi connectivity index (χ4n) is 3.91. The van der Waals surface area contributed by atoms with Crippen molar-refractivity contribution in [3.05, 3.63) is 72.5 Å². The Morgan fingerprint density at radius 2 is 1.63 bits per heavy atom. The van der Waals surface area contributed by atoms with Crippen molar-refractivity contribution in [2.24, 2.45) is 0 Å². The number of hydrogen-bond donors (Lipinski definition) is 2. The van der Waals surface area contributed by atoms with Gasteiger partial charge in [0.05, 0.1) is 0 Å². The van der Waals surface area contributed by atoms with E-state index in [9.17, 15) is 9.18 Å². The second-order valence-electron chi connectivity index (χ2n) is 7.57. The molecule has 0 aromatic heterocycles. The lowest BCUT2D eigenvalue weighted by Crippen LogP contribution is -2.47. The van der Waals surface area contributed by atoms with Crippen LogP contribution in [0.5, 0.6) is 0 Å². The summed E-state index contributed by atoms with van der Waals surface area (Å²) in [5, 5.41) is 8.16. The number of carbonyl (C=O) groups is 1. The first-order chi connectivity index (χ1) is 14.7. The Kier molecular flexibility index (Phi) is 6.44. The molecular formula is C24H27FN4O. The van der Waals surface area contributed by atoms with Crippen molar-refractivity contribution in [1.82, 2.24) is 10.2 Å². The summed E-state index contributed by atoms with van der Waals surface area (Å²) < 4.78 is 12.9. The van der Waals surface area contributed by atoms with Crippen LogP contribution < -0.4 is 15.5 Å². The van der Waals surface area contributed by atoms with Crippen LogP contribution in [-0.2, 0) is 0 Å². The largest absolute Gasteiger partial charge is 0.368 e. The maximum atomic E-state index is 12.9. The van der Waals surface area contributed by atoms with Gasteiger partial charge in [-0.3, -0.25) is 4.90 Å². The van der Waals surface area contributed by atoms with E-state index < -0.39 is 0 Å². The molecule has 6 heteroatoms. The van der Waals surface area contributed by atoms with E-state index in [1.54, 1.807) is 12.1 Å². The van der Waals surface area contributed by atoms with Gasteiger partial charge in [0.25, 0.3) is 0 Å². The highest BCUT2D eigenvalue weighted by molar-refractivity contribution is 5.94. The SMILES string of the molecule is O=C(NCCCN1CCN(c2cccc3ccccc23)CC1)Nc1ccc(F)cc1. The van der Waals surface area contributed by atoms with Crippen LogP contribution in [0.15, 0.2) is 66.7 Å². The first-order valence-electron chi connectivity index (χ1n) is 10.4. The van der Waals surface area contributed by atoms with Gasteiger partial charge in [0.15, 0.2) is 0 Å². The molecule has 2 N–H and O–H groups in total. The van der Waals surface area contributed by atoms with Crippen LogP contribution in [0, 0.1) is 5.82 Å². The third-order valence-electron chi connectivity index (χ3n) is 5.52. The molecule has 30 heavy (non-hydrogen) atoms. The summed E-state index contributed by atoms with van der Waals surface area (Å²) in [5.74, 6) is -0.318. The third-order valence-corrected chi connectivity index (χ3v) is 5.52. The number of urea groups is 1. The molecule has 0 saturated carbocycles. The highest BCUT2D eigenvalue weighted by Crippen LogP contribution is 2.27. The highest BCUT2D eigenvalue weighted by Gasteiger charge is 2.18. The van der Waals surface area contributed by atoms with Gasteiger partial charge in [0.2, 0.25) is 0 Å². The van der Waals surface area contributed by atoms with Crippen LogP contribution in [0.2, 0.25) is 0 Å². The minimum absolute atomic E-state index is 0.262. The molecule has 0 unspecified atom stereocenters. The minimum Gasteiger partial charge on any atom is -0.368 e. The van der Waals surface area contributed by atoms with Gasteiger partial charge in [0, 0.05) is 49.5 Å². The summed E-state index contributed by atoms with van der Waals surface area (Å²) in [5.41, 5.74) is 1.89. The predicted molar refractivity (Wildman–Crippen MR) is 121 cm³/mol. The number of piperazine rings is 1. The number of hydrogen-bond acceptors (Lipinski definition) is 3. The maximum absolute atomic E-state index is 12.9. The number of carbonyl (C=O) groups excluding carboxylic acids is 1. The molecule has 0 aliphatic carbocycles. The number of halogens is 1. The molecule has 1 fully saturated rings. The zero-order valence-corrected chi connectivity index (χ0v) is 17.0. The van der Waals surface area contributed by atoms with Crippen molar-refractivity contribution < 1.29 is 9.18 Å². The first-order valence-corrected chi connectivity index (χ1v) is 10.4. The summed E-state index contributed by atoms with van der Waals surface area (Å²) >= 11 is 0. The molecule has 0 spiro atoms. The van der Waals surface area contributed by atoms with E-state index in [2.05, 4.69) is 62.9 Å². The van der Waals surface area contributed by atoms with E-state index in [-0.39, 0.29) is 11.8 Å². The van der Waals surface area contributed by atoms with Gasteiger partial charge in [-0.15, -0.1) is 0 Å². The van der Waals surface area contributed by atoms with Gasteiger partial charge >= 0.3 is 6.03 Å². The van der Waals surface area contributed by atoms with Crippen molar-refractivity contribution >= 4 is 28.2 Å². The van der Waals surface area contributed by atoms with E-state index in [0.717, 1.165) is 39.1 Å². The Bertz CT molecular complexity index is 979. The Balaban J connectivity index is 1.18. The van der Waals surface area contributed by atoms with Crippen LogP contribution in [-0.4, -0.2) is 50.2 Å². The lowest BCUT2D eigenvalue weighted by atomic mass is 10.1. The fourth-order valence-corrected chi connectivity index (χ4v) is 3.91. The number of anilines is 2. The van der Waals surface area contributed by atoms with E-state index in [1.165, 1.54) is 28.6 Å². The molecule has 1 saturated heterocycles. The van der Waals surface area contributed by atoms with Gasteiger partial charge in [-0.05, 0) is 48.7 Å². The molecule has 0 atom stereocenters. The van der Waals surface area contributed by atoms with E-state index in [1.807, 2.05) is 0 Å². The molecule has 3 aromatic rings. The molecule has 0 radical (unpaired) electrons. The summed E-state index contributed by atoms with van der Waals surface area (Å²) in [6, 6.07) is 20.5. The smallest absolute Gasteiger partial charge is 0.319 e. The summed E-state index contributed by atoms with van der Waals surface area (Å²) in [6.45, 7) is 5.62. The molecule has 2 amide bonds. The average Bonchev–Trinajstić information content (AvgIpc) is 2.78. The number of benzene rings is 3. The van der Waals surface area contributed by atoms with E-state index >= 15 is 0 Å². The molecule has 1 aliphatic heterocycles. The fraction of sp³-hybridized carbons (Fsp3) is 0.292. The summed E-state index contributed by atoms with van der Waals surface area (Å²) in [7, 11) is 0. The van der Waals surface area contributed by atoms with Crippen LogP contribution in [0.4, 0.5) is 20.6 Å². The van der Waals surface area contributed by atoms with Gasteiger partial charge in [-0.1, -0.05) is 36.4 Å². The standard InChI is InChI=1S/C24H27FN4O/c25-20-9-11-21(12-10-20)27-24(30)26-13-4-14-28-15-17-29(18-16-28)23-8-3-6-19-5-1-2-7-22(19)23/h1-3,5-12H,4,13-18H2,(H2,26,27,30). The van der Waals surface area contributed by atoms with Gasteiger partial charge in [0.1, 0.15) is 5.82 Å². The Morgan fingerprint density at radius 3 is 2.43 bits per heavy atom. The molecule has 0 bridgehead atoms. The number of amides is 2. The topological polar surface area (TPSA) is 47.6 Å². The summed E-state index contributed by atoms with van der Waals surface area (Å²) in [4.78, 5) is 16.8. The van der Waals surface area contributed by atoms with Gasteiger partial charge < -0.3 is 15.5 Å². The van der Waals surface area contributed by atoms with Crippen molar-refractivity contribution in [2.75, 3.05) is 49.5 Å². The lowest BCUT2D eigenvalue weighted by Gasteiger charge is -2.36. The molecule has 5 nitrogen and oxygen atoms in total. The lowest BCUT2D eigenvalue weighted by molar-refractivity contribution is 0.244. The second kappa shape index (κ2) is 9.59. The summed E-state index contributed by atoms with van der Waals surface area (Å²) in [6.07, 6.45) is 0.894. The Morgan fingerprint density at radius 1 is 0.900 bits per heavy atom. The normalized spacial score (nSPS) is 14.6. The third kappa shape index (κ3) is 5.07. The molecular weight excluding hydrogens is 379 g/mol. The predicted octanol–water partition coefficient (Wildman–Crippen LogP) is 4.31. The Hall–Kier alpha value is -3.12. The van der Waals surface area contributed by atoms with E-state index in [0.29, 0.717) is 12.2 Å². The number of fused-ring (bicyclic) bond motifs is 1. The highest BCUT2D eigenvalue weighted by atomic mass is 19.1. The molecule has 1 heterocycles. The van der Waals surface area contributed by atoms with Crippen molar-refractivity contribution in [3.63, 3.8) is 0 Å². The molecule has 156 valence electrons. The first kappa shape index (κ1) is 20.2.